The number of aliphatic hydroxyl groups is 1. The van der Waals surface area contributed by atoms with Gasteiger partial charge in [-0.25, -0.2) is 4.68 Å². The normalized spacial score (nSPS) is 11.9. The summed E-state index contributed by atoms with van der Waals surface area (Å²) < 4.78 is 1.51. The average molecular weight is 451 g/mol. The van der Waals surface area contributed by atoms with E-state index in [0.717, 1.165) is 27.6 Å². The van der Waals surface area contributed by atoms with Gasteiger partial charge in [-0.15, -0.1) is 5.10 Å². The Morgan fingerprint density at radius 3 is 2.65 bits per heavy atom. The number of aromatic nitrogens is 5. The van der Waals surface area contributed by atoms with Gasteiger partial charge < -0.3 is 10.0 Å². The summed E-state index contributed by atoms with van der Waals surface area (Å²) >= 11 is 0. The largest absolute Gasteiger partial charge is 0.387 e. The number of likely N-dealkylation sites (N-methyl/N-ethyl adjacent to an activating group) is 1. The molecule has 0 bridgehead atoms. The van der Waals surface area contributed by atoms with E-state index >= 15 is 0 Å². The number of nitrogens with zero attached hydrogens (tertiary/aromatic N) is 6. The lowest BCUT2D eigenvalue weighted by molar-refractivity contribution is 0.0681. The summed E-state index contributed by atoms with van der Waals surface area (Å²) in [6.45, 7) is 0.156. The number of para-hydroxylation sites is 1. The van der Waals surface area contributed by atoms with Crippen molar-refractivity contribution >= 4 is 16.8 Å². The molecule has 5 aromatic rings. The van der Waals surface area contributed by atoms with Crippen LogP contribution in [0.4, 0.5) is 0 Å². The fourth-order valence-electron chi connectivity index (χ4n) is 3.98. The van der Waals surface area contributed by atoms with Gasteiger partial charge in [-0.1, -0.05) is 54.6 Å². The van der Waals surface area contributed by atoms with Crippen molar-refractivity contribution in [3.05, 3.63) is 103 Å². The van der Waals surface area contributed by atoms with Crippen molar-refractivity contribution in [3.63, 3.8) is 0 Å². The van der Waals surface area contributed by atoms with E-state index in [0.29, 0.717) is 11.3 Å². The minimum absolute atomic E-state index is 0.156. The Hall–Kier alpha value is -4.43. The maximum Gasteiger partial charge on any atom is 0.253 e. The fraction of sp³-hybridized carbons (Fsp3) is 0.115. The van der Waals surface area contributed by atoms with E-state index < -0.39 is 6.10 Å². The molecule has 1 amide bonds. The van der Waals surface area contributed by atoms with Gasteiger partial charge in [0, 0.05) is 29.8 Å². The summed E-state index contributed by atoms with van der Waals surface area (Å²) in [7, 11) is 1.68. The topological polar surface area (TPSA) is 97.0 Å². The molecule has 1 atom stereocenters. The minimum atomic E-state index is -0.792. The molecular formula is C26H22N6O2. The zero-order valence-electron chi connectivity index (χ0n) is 18.5. The first-order valence-electron chi connectivity index (χ1n) is 10.8. The Balaban J connectivity index is 1.54. The molecule has 34 heavy (non-hydrogen) atoms. The number of carbonyl (C=O) groups is 1. The van der Waals surface area contributed by atoms with Crippen LogP contribution in [-0.4, -0.2) is 54.7 Å². The molecule has 0 unspecified atom stereocenters. The first-order chi connectivity index (χ1) is 16.6. The van der Waals surface area contributed by atoms with Gasteiger partial charge in [0.05, 0.1) is 23.9 Å². The molecule has 168 valence electrons. The second-order valence-corrected chi connectivity index (χ2v) is 8.02. The highest BCUT2D eigenvalue weighted by Gasteiger charge is 2.19. The Morgan fingerprint density at radius 1 is 1.03 bits per heavy atom. The predicted molar refractivity (Wildman–Crippen MR) is 128 cm³/mol. The number of aliphatic hydroxyl groups excluding tert-OH is 1. The number of benzene rings is 3. The molecule has 2 aromatic heterocycles. The lowest BCUT2D eigenvalue weighted by Gasteiger charge is -2.22. The molecular weight excluding hydrogens is 428 g/mol. The van der Waals surface area contributed by atoms with Crippen molar-refractivity contribution < 1.29 is 9.90 Å². The van der Waals surface area contributed by atoms with Gasteiger partial charge in [-0.3, -0.25) is 9.78 Å². The van der Waals surface area contributed by atoms with E-state index in [4.69, 9.17) is 0 Å². The molecule has 0 aliphatic rings. The fourth-order valence-corrected chi connectivity index (χ4v) is 3.98. The summed E-state index contributed by atoms with van der Waals surface area (Å²) in [6.07, 6.45) is 2.44. The molecule has 5 rings (SSSR count). The molecule has 0 saturated heterocycles. The number of fused-ring (bicyclic) bond motifs is 1. The molecule has 3 aromatic carbocycles. The van der Waals surface area contributed by atoms with Crippen molar-refractivity contribution in [2.45, 2.75) is 6.10 Å². The zero-order chi connectivity index (χ0) is 23.5. The van der Waals surface area contributed by atoms with E-state index in [1.165, 1.54) is 15.9 Å². The number of hydrogen-bond donors (Lipinski definition) is 1. The Bertz CT molecular complexity index is 1430. The van der Waals surface area contributed by atoms with Gasteiger partial charge in [0.15, 0.2) is 0 Å². The summed E-state index contributed by atoms with van der Waals surface area (Å²) in [5.41, 5.74) is 4.42. The number of rotatable bonds is 6. The van der Waals surface area contributed by atoms with Gasteiger partial charge in [0.25, 0.3) is 5.91 Å². The monoisotopic (exact) mass is 450 g/mol. The zero-order valence-corrected chi connectivity index (χ0v) is 18.5. The van der Waals surface area contributed by atoms with E-state index in [-0.39, 0.29) is 12.5 Å². The third kappa shape index (κ3) is 4.26. The summed E-state index contributed by atoms with van der Waals surface area (Å²) in [5, 5.41) is 23.1. The molecule has 0 fully saturated rings. The summed E-state index contributed by atoms with van der Waals surface area (Å²) in [4.78, 5) is 19.5. The van der Waals surface area contributed by atoms with Gasteiger partial charge in [-0.05, 0) is 45.8 Å². The van der Waals surface area contributed by atoms with Crippen molar-refractivity contribution in [2.75, 3.05) is 13.6 Å². The predicted octanol–water partition coefficient (Wildman–Crippen LogP) is 3.68. The van der Waals surface area contributed by atoms with Crippen molar-refractivity contribution in [1.82, 2.24) is 30.1 Å². The molecule has 0 saturated carbocycles. The average Bonchev–Trinajstić information content (AvgIpc) is 3.43. The van der Waals surface area contributed by atoms with Crippen LogP contribution in [0, 0.1) is 0 Å². The number of amides is 1. The van der Waals surface area contributed by atoms with Crippen LogP contribution in [0.1, 0.15) is 22.0 Å². The van der Waals surface area contributed by atoms with Crippen molar-refractivity contribution in [3.8, 4) is 16.8 Å². The van der Waals surface area contributed by atoms with Gasteiger partial charge in [-0.2, -0.15) is 0 Å². The Morgan fingerprint density at radius 2 is 1.85 bits per heavy atom. The lowest BCUT2D eigenvalue weighted by atomic mass is 9.98. The van der Waals surface area contributed by atoms with Crippen LogP contribution in [0.3, 0.4) is 0 Å². The third-order valence-electron chi connectivity index (χ3n) is 5.70. The molecule has 2 heterocycles. The van der Waals surface area contributed by atoms with Crippen molar-refractivity contribution in [1.29, 1.82) is 0 Å². The summed E-state index contributed by atoms with van der Waals surface area (Å²) in [6, 6.07) is 24.6. The van der Waals surface area contributed by atoms with Crippen LogP contribution < -0.4 is 0 Å². The van der Waals surface area contributed by atoms with Crippen LogP contribution >= 0.6 is 0 Å². The highest BCUT2D eigenvalue weighted by Crippen LogP contribution is 2.30. The van der Waals surface area contributed by atoms with E-state index in [1.807, 2.05) is 72.8 Å². The lowest BCUT2D eigenvalue weighted by Crippen LogP contribution is -2.31. The second kappa shape index (κ2) is 9.21. The SMILES string of the molecule is CN(C[C@H](O)c1ccccc1)C(=O)c1cc(-c2cccc3cccnc23)cc(-n2cnnn2)c1. The highest BCUT2D eigenvalue weighted by atomic mass is 16.3. The van der Waals surface area contributed by atoms with Crippen LogP contribution in [0.15, 0.2) is 91.4 Å². The molecule has 8 heteroatoms. The van der Waals surface area contributed by atoms with Crippen molar-refractivity contribution in [2.24, 2.45) is 0 Å². The summed E-state index contributed by atoms with van der Waals surface area (Å²) in [5.74, 6) is -0.223. The van der Waals surface area contributed by atoms with Crippen LogP contribution in [0.25, 0.3) is 27.7 Å². The minimum Gasteiger partial charge on any atom is -0.387 e. The smallest absolute Gasteiger partial charge is 0.253 e. The first-order valence-corrected chi connectivity index (χ1v) is 10.8. The number of carbonyl (C=O) groups excluding carboxylic acids is 1. The number of pyridine rings is 1. The molecule has 0 radical (unpaired) electrons. The van der Waals surface area contributed by atoms with Gasteiger partial charge >= 0.3 is 0 Å². The maximum absolute atomic E-state index is 13.4. The molecule has 0 spiro atoms. The quantitative estimate of drug-likeness (QED) is 0.424. The van der Waals surface area contributed by atoms with Gasteiger partial charge in [0.1, 0.15) is 6.33 Å². The van der Waals surface area contributed by atoms with Gasteiger partial charge in [0.2, 0.25) is 0 Å². The first kappa shape index (κ1) is 21.4. The molecule has 0 aliphatic carbocycles. The van der Waals surface area contributed by atoms with Crippen LogP contribution in [0.2, 0.25) is 0 Å². The van der Waals surface area contributed by atoms with Crippen LogP contribution in [0.5, 0.6) is 0 Å². The molecule has 8 nitrogen and oxygen atoms in total. The van der Waals surface area contributed by atoms with E-state index in [2.05, 4.69) is 20.5 Å². The molecule has 0 aliphatic heterocycles. The highest BCUT2D eigenvalue weighted by molar-refractivity contribution is 5.99. The Kier molecular flexibility index (Phi) is 5.80. The number of hydrogen-bond acceptors (Lipinski definition) is 6. The standard InChI is InChI=1S/C26H22N6O2/c1-31(16-24(33)18-7-3-2-4-8-18)26(34)21-13-20(14-22(15-21)32-17-28-29-30-32)23-11-5-9-19-10-6-12-27-25(19)23/h2-15,17,24,33H,16H2,1H3/t24-/m0/s1. The maximum atomic E-state index is 13.4. The van der Waals surface area contributed by atoms with Crippen LogP contribution in [-0.2, 0) is 0 Å². The second-order valence-electron chi connectivity index (χ2n) is 8.02. The van der Waals surface area contributed by atoms with E-state index in [1.54, 1.807) is 19.3 Å². The van der Waals surface area contributed by atoms with E-state index in [9.17, 15) is 9.90 Å². The Labute approximate surface area is 196 Å². The third-order valence-corrected chi connectivity index (χ3v) is 5.70. The number of tetrazole rings is 1. The molecule has 1 N–H and O–H groups in total.